The molecule has 4 heavy (non-hydrogen) atoms. The van der Waals surface area contributed by atoms with Crippen LogP contribution in [-0.4, -0.2) is 103 Å². The molecule has 0 saturated carbocycles. The summed E-state index contributed by atoms with van der Waals surface area (Å²) in [6.45, 7) is 0. The van der Waals surface area contributed by atoms with Crippen LogP contribution in [0.15, 0.2) is 0 Å². The fourth-order valence-electron chi connectivity index (χ4n) is 0. The van der Waals surface area contributed by atoms with Crippen molar-refractivity contribution in [3.05, 3.63) is 0 Å². The Morgan fingerprint density at radius 3 is 0.500 bits per heavy atom. The number of hydrogen-bond acceptors (Lipinski definition) is 0. The first kappa shape index (κ1) is 24.6. The van der Waals surface area contributed by atoms with E-state index in [0.29, 0.717) is 0 Å². The van der Waals surface area contributed by atoms with Gasteiger partial charge >= 0.3 is 103 Å². The number of rotatable bonds is 0. The van der Waals surface area contributed by atoms with Gasteiger partial charge in [0, 0.05) is 0 Å². The summed E-state index contributed by atoms with van der Waals surface area (Å²) in [7, 11) is 0. The molecule has 0 bridgehead atoms. The van der Waals surface area contributed by atoms with Crippen molar-refractivity contribution in [1.29, 1.82) is 0 Å². The van der Waals surface area contributed by atoms with Crippen molar-refractivity contribution in [1.82, 2.24) is 0 Å². The fourth-order valence-corrected chi connectivity index (χ4v) is 0. The average Bonchev–Trinajstić information content (AvgIpc) is 0. The van der Waals surface area contributed by atoms with E-state index < -0.39 is 0 Å². The molecule has 0 atom stereocenters. The first-order chi connectivity index (χ1) is 0. The monoisotopic (exact) mass is 148 g/mol. The summed E-state index contributed by atoms with van der Waals surface area (Å²) in [6, 6.07) is 0. The maximum atomic E-state index is 0. The zero-order valence-corrected chi connectivity index (χ0v) is 3.00. The number of hydrogen-bond donors (Lipinski definition) is 0. The Hall–Kier alpha value is 3.97. The molecule has 0 spiro atoms. The molecule has 4 heteroatoms. The summed E-state index contributed by atoms with van der Waals surface area (Å²) < 4.78 is 0. The zero-order valence-electron chi connectivity index (χ0n) is 1.00. The van der Waals surface area contributed by atoms with Crippen molar-refractivity contribution in [2.24, 2.45) is 0 Å². The van der Waals surface area contributed by atoms with E-state index in [-0.39, 0.29) is 130 Å². The predicted molar refractivity (Wildman–Crippen MR) is 35.1 cm³/mol. The Balaban J connectivity index is 0. The third-order valence-corrected chi connectivity index (χ3v) is 0. The molecule has 0 aliphatic heterocycles. The molecule has 20 valence electrons. The molecule has 0 aromatic rings. The van der Waals surface area contributed by atoms with Crippen LogP contribution >= 0.6 is 27.0 Å². The van der Waals surface area contributed by atoms with Crippen LogP contribution in [0.2, 0.25) is 0 Å². The van der Waals surface area contributed by atoms with Gasteiger partial charge in [-0.15, -0.1) is 0 Å². The molecule has 0 aliphatic rings. The second-order valence-corrected chi connectivity index (χ2v) is 0. The quantitative estimate of drug-likeness (QED) is 0.384. The second kappa shape index (κ2) is 15.8. The average molecular weight is 148 g/mol. The van der Waals surface area contributed by atoms with Gasteiger partial charge in [-0.2, -0.15) is 27.0 Å². The molecule has 0 aromatic carbocycles. The Morgan fingerprint density at radius 2 is 0.500 bits per heavy atom. The molecule has 0 aromatic heterocycles. The normalized spacial score (nSPS) is 0. The molecule has 0 N–H and O–H groups in total. The Kier molecular flexibility index (Phi) is 96.8. The molecule has 0 unspecified atom stereocenters. The molecule has 0 rings (SSSR count). The van der Waals surface area contributed by atoms with Gasteiger partial charge in [0.2, 0.25) is 0 Å². The summed E-state index contributed by atoms with van der Waals surface area (Å²) in [4.78, 5) is 0. The first-order valence-electron chi connectivity index (χ1n) is 0. The minimum absolute atomic E-state index is 0. The minimum atomic E-state index is 0. The molecule has 0 saturated heterocycles. The molecule has 0 amide bonds. The van der Waals surface area contributed by atoms with E-state index in [4.69, 9.17) is 0 Å². The summed E-state index contributed by atoms with van der Waals surface area (Å²) in [5.74, 6) is 0. The van der Waals surface area contributed by atoms with Crippen molar-refractivity contribution in [2.75, 3.05) is 0 Å². The van der Waals surface area contributed by atoms with Gasteiger partial charge in [-0.1, -0.05) is 0 Å². The third kappa shape index (κ3) is 9.36. The third-order valence-electron chi connectivity index (χ3n) is 0. The zero-order chi connectivity index (χ0) is 0. The summed E-state index contributed by atoms with van der Waals surface area (Å²) in [5.41, 5.74) is 0. The Bertz CT molecular complexity index is 4.00. The van der Waals surface area contributed by atoms with Gasteiger partial charge in [-0.05, 0) is 0 Å². The van der Waals surface area contributed by atoms with E-state index in [1.165, 1.54) is 0 Å². The van der Waals surface area contributed by atoms with Crippen LogP contribution in [0.4, 0.5) is 0 Å². The van der Waals surface area contributed by atoms with E-state index >= 15 is 0 Å². The summed E-state index contributed by atoms with van der Waals surface area (Å²) in [6.07, 6.45) is 0. The molecule has 0 nitrogen and oxygen atoms in total. The van der Waals surface area contributed by atoms with E-state index in [1.807, 2.05) is 0 Å². The fraction of sp³-hybridized carbons (Fsp3) is 0. The van der Waals surface area contributed by atoms with Crippen LogP contribution in [0.25, 0.3) is 0 Å². The summed E-state index contributed by atoms with van der Waals surface area (Å²) in [5, 5.41) is 0. The second-order valence-electron chi connectivity index (χ2n) is 0. The molecule has 0 radical (unpaired) electrons. The topological polar surface area (TPSA) is 0 Å². The SMILES string of the molecule is S.S.[KH].[KH]. The van der Waals surface area contributed by atoms with Crippen LogP contribution in [0.3, 0.4) is 0 Å². The Labute approximate surface area is 126 Å². The van der Waals surface area contributed by atoms with Gasteiger partial charge in [0.15, 0.2) is 0 Å². The van der Waals surface area contributed by atoms with Gasteiger partial charge in [-0.25, -0.2) is 0 Å². The van der Waals surface area contributed by atoms with Gasteiger partial charge < -0.3 is 0 Å². The molecule has 0 heterocycles. The maximum absolute atomic E-state index is 0. The molecular formula is H6K2S2. The van der Waals surface area contributed by atoms with Gasteiger partial charge in [0.05, 0.1) is 0 Å². The van der Waals surface area contributed by atoms with Crippen LogP contribution < -0.4 is 0 Å². The van der Waals surface area contributed by atoms with E-state index in [1.54, 1.807) is 0 Å². The molecule has 0 aliphatic carbocycles. The van der Waals surface area contributed by atoms with Crippen LogP contribution in [0.1, 0.15) is 0 Å². The van der Waals surface area contributed by atoms with Crippen molar-refractivity contribution in [3.8, 4) is 0 Å². The predicted octanol–water partition coefficient (Wildman–Crippen LogP) is -1.07. The summed E-state index contributed by atoms with van der Waals surface area (Å²) >= 11 is 0. The van der Waals surface area contributed by atoms with E-state index in [9.17, 15) is 0 Å². The van der Waals surface area contributed by atoms with Crippen molar-refractivity contribution < 1.29 is 0 Å². The van der Waals surface area contributed by atoms with Crippen LogP contribution in [-0.2, 0) is 0 Å². The van der Waals surface area contributed by atoms with E-state index in [0.717, 1.165) is 0 Å². The van der Waals surface area contributed by atoms with E-state index in [2.05, 4.69) is 0 Å². The first-order valence-corrected chi connectivity index (χ1v) is 0. The van der Waals surface area contributed by atoms with Crippen molar-refractivity contribution in [3.63, 3.8) is 0 Å². The van der Waals surface area contributed by atoms with Crippen molar-refractivity contribution in [2.45, 2.75) is 0 Å². The van der Waals surface area contributed by atoms with Gasteiger partial charge in [0.25, 0.3) is 0 Å². The van der Waals surface area contributed by atoms with Crippen molar-refractivity contribution >= 4 is 130 Å². The van der Waals surface area contributed by atoms with Crippen LogP contribution in [0.5, 0.6) is 0 Å². The van der Waals surface area contributed by atoms with Gasteiger partial charge in [-0.3, -0.25) is 0 Å². The molecular weight excluding hydrogens is 142 g/mol. The van der Waals surface area contributed by atoms with Gasteiger partial charge in [0.1, 0.15) is 0 Å². The standard InChI is InChI=1S/2K.2H2S.2H/h;;2*1H2;;. The Morgan fingerprint density at radius 1 is 0.500 bits per heavy atom. The van der Waals surface area contributed by atoms with Crippen LogP contribution in [0, 0.1) is 0 Å². The molecule has 0 fully saturated rings.